The smallest absolute Gasteiger partial charge is 0.357 e. The molecule has 1 aliphatic rings. The first-order valence-corrected chi connectivity index (χ1v) is 9.03. The quantitative estimate of drug-likeness (QED) is 0.562. The first kappa shape index (κ1) is 19.9. The van der Waals surface area contributed by atoms with Gasteiger partial charge in [-0.2, -0.15) is 0 Å². The molecule has 2 aromatic rings. The van der Waals surface area contributed by atoms with Crippen molar-refractivity contribution < 1.29 is 28.5 Å². The molecule has 1 aliphatic heterocycles. The predicted octanol–water partition coefficient (Wildman–Crippen LogP) is 4.36. The van der Waals surface area contributed by atoms with Crippen LogP contribution in [-0.4, -0.2) is 27.3 Å². The monoisotopic (exact) mass is 386 g/mol. The molecule has 0 spiro atoms. The fourth-order valence-corrected chi connectivity index (χ4v) is 3.27. The molecule has 1 heterocycles. The van der Waals surface area contributed by atoms with E-state index >= 15 is 0 Å². The number of methoxy groups -OCH3 is 3. The van der Waals surface area contributed by atoms with Crippen LogP contribution in [0.15, 0.2) is 24.3 Å². The molecule has 28 heavy (non-hydrogen) atoms. The van der Waals surface area contributed by atoms with Crippen molar-refractivity contribution in [3.8, 4) is 28.7 Å². The van der Waals surface area contributed by atoms with Gasteiger partial charge in [0.15, 0.2) is 11.5 Å². The zero-order valence-electron chi connectivity index (χ0n) is 17.3. The number of carbonyl (C=O) groups is 1. The van der Waals surface area contributed by atoms with Gasteiger partial charge in [0.05, 0.1) is 21.3 Å². The number of benzene rings is 2. The van der Waals surface area contributed by atoms with Crippen LogP contribution in [0.4, 0.5) is 0 Å². The molecule has 2 aromatic carbocycles. The van der Waals surface area contributed by atoms with Crippen LogP contribution in [0.5, 0.6) is 28.7 Å². The van der Waals surface area contributed by atoms with Gasteiger partial charge in [0.25, 0.3) is 0 Å². The van der Waals surface area contributed by atoms with Gasteiger partial charge in [-0.1, -0.05) is 32.4 Å². The molecule has 1 atom stereocenters. The zero-order chi connectivity index (χ0) is 20.6. The zero-order valence-corrected chi connectivity index (χ0v) is 17.3. The largest absolute Gasteiger partial charge is 0.496 e. The Morgan fingerprint density at radius 3 is 2.04 bits per heavy atom. The molecule has 0 saturated heterocycles. The van der Waals surface area contributed by atoms with Gasteiger partial charge in [-0.3, -0.25) is 0 Å². The minimum absolute atomic E-state index is 0.180. The maximum absolute atomic E-state index is 12.7. The maximum Gasteiger partial charge on any atom is 0.357 e. The van der Waals surface area contributed by atoms with Crippen molar-refractivity contribution in [3.63, 3.8) is 0 Å². The second kappa shape index (κ2) is 7.26. The fourth-order valence-electron chi connectivity index (χ4n) is 3.27. The molecular formula is C22H26O6. The molecule has 0 radical (unpaired) electrons. The third-order valence-corrected chi connectivity index (χ3v) is 4.67. The molecule has 0 aliphatic carbocycles. The third-order valence-electron chi connectivity index (χ3n) is 4.67. The summed E-state index contributed by atoms with van der Waals surface area (Å²) in [6.07, 6.45) is -0.910. The van der Waals surface area contributed by atoms with Crippen molar-refractivity contribution in [2.75, 3.05) is 21.3 Å². The highest BCUT2D eigenvalue weighted by Crippen LogP contribution is 2.48. The highest BCUT2D eigenvalue weighted by Gasteiger charge is 2.40. The van der Waals surface area contributed by atoms with Crippen molar-refractivity contribution >= 4 is 5.97 Å². The molecule has 0 amide bonds. The van der Waals surface area contributed by atoms with E-state index in [4.69, 9.17) is 23.7 Å². The number of hydrogen-bond donors (Lipinski definition) is 0. The minimum atomic E-state index is -0.910. The summed E-state index contributed by atoms with van der Waals surface area (Å²) in [4.78, 5) is 12.7. The van der Waals surface area contributed by atoms with E-state index in [9.17, 15) is 4.79 Å². The topological polar surface area (TPSA) is 63.2 Å². The van der Waals surface area contributed by atoms with Gasteiger partial charge in [-0.15, -0.1) is 0 Å². The van der Waals surface area contributed by atoms with Crippen molar-refractivity contribution in [3.05, 3.63) is 41.0 Å². The van der Waals surface area contributed by atoms with Crippen LogP contribution in [0, 0.1) is 6.92 Å². The van der Waals surface area contributed by atoms with E-state index in [0.717, 1.165) is 11.1 Å². The third kappa shape index (κ3) is 3.46. The lowest BCUT2D eigenvalue weighted by Gasteiger charge is -2.22. The van der Waals surface area contributed by atoms with Gasteiger partial charge in [-0.25, -0.2) is 4.79 Å². The summed E-state index contributed by atoms with van der Waals surface area (Å²) < 4.78 is 27.8. The number of fused-ring (bicyclic) bond motifs is 1. The molecule has 0 fully saturated rings. The molecule has 6 nitrogen and oxygen atoms in total. The summed E-state index contributed by atoms with van der Waals surface area (Å²) in [6, 6.07) is 7.32. The van der Waals surface area contributed by atoms with E-state index in [2.05, 4.69) is 20.8 Å². The van der Waals surface area contributed by atoms with Gasteiger partial charge in [0, 0.05) is 23.3 Å². The molecule has 0 N–H and O–H groups in total. The van der Waals surface area contributed by atoms with E-state index in [1.807, 2.05) is 19.1 Å². The van der Waals surface area contributed by atoms with E-state index in [1.165, 1.54) is 14.2 Å². The van der Waals surface area contributed by atoms with Crippen LogP contribution in [0.3, 0.4) is 0 Å². The molecular weight excluding hydrogens is 360 g/mol. The van der Waals surface area contributed by atoms with Crippen molar-refractivity contribution in [1.82, 2.24) is 0 Å². The molecule has 0 saturated carbocycles. The van der Waals surface area contributed by atoms with Gasteiger partial charge in [0.1, 0.15) is 11.5 Å². The van der Waals surface area contributed by atoms with Gasteiger partial charge >= 0.3 is 5.97 Å². The molecule has 6 heteroatoms. The Labute approximate surface area is 165 Å². The van der Waals surface area contributed by atoms with Crippen LogP contribution in [-0.2, 0) is 10.2 Å². The van der Waals surface area contributed by atoms with E-state index in [1.54, 1.807) is 19.2 Å². The number of aryl methyl sites for hydroxylation is 1. The Morgan fingerprint density at radius 1 is 0.929 bits per heavy atom. The van der Waals surface area contributed by atoms with Crippen molar-refractivity contribution in [2.24, 2.45) is 0 Å². The van der Waals surface area contributed by atoms with Gasteiger partial charge in [0.2, 0.25) is 11.9 Å². The Morgan fingerprint density at radius 2 is 1.54 bits per heavy atom. The lowest BCUT2D eigenvalue weighted by Crippen LogP contribution is -2.17. The number of esters is 1. The normalized spacial score (nSPS) is 15.7. The first-order valence-electron chi connectivity index (χ1n) is 9.03. The summed E-state index contributed by atoms with van der Waals surface area (Å²) in [5.41, 5.74) is 2.52. The summed E-state index contributed by atoms with van der Waals surface area (Å²) in [6.45, 7) is 8.24. The molecule has 1 unspecified atom stereocenters. The van der Waals surface area contributed by atoms with E-state index in [-0.39, 0.29) is 5.41 Å². The summed E-state index contributed by atoms with van der Waals surface area (Å²) >= 11 is 0. The number of hydrogen-bond acceptors (Lipinski definition) is 6. The SMILES string of the molecule is COc1cc(OC)c(OC2C(=O)Oc3c2cc(C)cc3C(C)(C)C)c(OC)c1. The average molecular weight is 386 g/mol. The predicted molar refractivity (Wildman–Crippen MR) is 105 cm³/mol. The standard InChI is InChI=1S/C22H26O6/c1-12-8-14-18(15(9-12)22(2,3)4)28-21(23)19(14)27-20-16(25-6)10-13(24-5)11-17(20)26-7/h8-11,19H,1-7H3. The Kier molecular flexibility index (Phi) is 5.15. The second-order valence-corrected chi connectivity index (χ2v) is 7.76. The Bertz CT molecular complexity index is 885. The summed E-state index contributed by atoms with van der Waals surface area (Å²) in [5, 5.41) is 0. The van der Waals surface area contributed by atoms with Crippen LogP contribution in [0.2, 0.25) is 0 Å². The number of ether oxygens (including phenoxy) is 5. The van der Waals surface area contributed by atoms with Gasteiger partial charge < -0.3 is 23.7 Å². The Balaban J connectivity index is 2.10. The highest BCUT2D eigenvalue weighted by molar-refractivity contribution is 5.86. The fraction of sp³-hybridized carbons (Fsp3) is 0.409. The molecule has 3 rings (SSSR count). The number of carbonyl (C=O) groups excluding carboxylic acids is 1. The average Bonchev–Trinajstić information content (AvgIpc) is 2.95. The maximum atomic E-state index is 12.7. The Hall–Kier alpha value is -2.89. The first-order chi connectivity index (χ1) is 13.2. The van der Waals surface area contributed by atoms with E-state index < -0.39 is 12.1 Å². The summed E-state index contributed by atoms with van der Waals surface area (Å²) in [7, 11) is 4.59. The molecule has 0 aromatic heterocycles. The highest BCUT2D eigenvalue weighted by atomic mass is 16.6. The van der Waals surface area contributed by atoms with Crippen LogP contribution < -0.4 is 23.7 Å². The molecule has 0 bridgehead atoms. The molecule has 150 valence electrons. The minimum Gasteiger partial charge on any atom is -0.496 e. The van der Waals surface area contributed by atoms with Crippen LogP contribution in [0.1, 0.15) is 43.6 Å². The lowest BCUT2D eigenvalue weighted by atomic mass is 9.84. The lowest BCUT2D eigenvalue weighted by molar-refractivity contribution is -0.139. The van der Waals surface area contributed by atoms with E-state index in [0.29, 0.717) is 34.3 Å². The van der Waals surface area contributed by atoms with Crippen molar-refractivity contribution in [1.29, 1.82) is 0 Å². The van der Waals surface area contributed by atoms with Crippen molar-refractivity contribution in [2.45, 2.75) is 39.2 Å². The second-order valence-electron chi connectivity index (χ2n) is 7.76. The summed E-state index contributed by atoms with van der Waals surface area (Å²) in [5.74, 6) is 1.79. The van der Waals surface area contributed by atoms with Crippen LogP contribution >= 0.6 is 0 Å². The van der Waals surface area contributed by atoms with Gasteiger partial charge in [-0.05, 0) is 18.4 Å². The van der Waals surface area contributed by atoms with Crippen LogP contribution in [0.25, 0.3) is 0 Å². The number of rotatable bonds is 5.